The number of aromatic nitrogens is 4. The monoisotopic (exact) mass is 487 g/mol. The summed E-state index contributed by atoms with van der Waals surface area (Å²) in [4.78, 5) is 35.2. The van der Waals surface area contributed by atoms with Gasteiger partial charge < -0.3 is 4.90 Å². The van der Waals surface area contributed by atoms with Crippen molar-refractivity contribution in [3.8, 4) is 0 Å². The van der Waals surface area contributed by atoms with Crippen LogP contribution in [0.25, 0.3) is 5.78 Å². The van der Waals surface area contributed by atoms with Crippen molar-refractivity contribution < 1.29 is 22.8 Å². The zero-order valence-corrected chi connectivity index (χ0v) is 20.2. The summed E-state index contributed by atoms with van der Waals surface area (Å²) in [5, 5.41) is 3.55. The molecule has 3 heterocycles. The highest BCUT2D eigenvalue weighted by Gasteiger charge is 2.37. The molecule has 1 aliphatic heterocycles. The lowest BCUT2D eigenvalue weighted by atomic mass is 9.87. The molecule has 0 bridgehead atoms. The van der Waals surface area contributed by atoms with Gasteiger partial charge in [0.2, 0.25) is 5.91 Å². The van der Waals surface area contributed by atoms with Gasteiger partial charge in [-0.2, -0.15) is 18.2 Å². The number of rotatable bonds is 5. The van der Waals surface area contributed by atoms with Crippen LogP contribution in [0.15, 0.2) is 18.2 Å². The van der Waals surface area contributed by atoms with Crippen LogP contribution in [0, 0.1) is 33.6 Å². The Balaban J connectivity index is 1.38. The van der Waals surface area contributed by atoms with Gasteiger partial charge in [-0.05, 0) is 58.1 Å². The molecule has 0 saturated carbocycles. The second kappa shape index (κ2) is 9.39. The minimum atomic E-state index is -4.66. The van der Waals surface area contributed by atoms with Gasteiger partial charge in [-0.1, -0.05) is 23.8 Å². The minimum Gasteiger partial charge on any atom is -0.343 e. The Morgan fingerprint density at radius 3 is 2.37 bits per heavy atom. The van der Waals surface area contributed by atoms with E-state index in [1.165, 1.54) is 0 Å². The lowest BCUT2D eigenvalue weighted by Gasteiger charge is -2.31. The Labute approximate surface area is 201 Å². The van der Waals surface area contributed by atoms with Crippen molar-refractivity contribution in [2.75, 3.05) is 13.1 Å². The number of carbonyl (C=O) groups excluding carboxylic acids is 2. The van der Waals surface area contributed by atoms with Crippen LogP contribution in [-0.2, 0) is 17.4 Å². The Morgan fingerprint density at radius 2 is 1.74 bits per heavy atom. The predicted octanol–water partition coefficient (Wildman–Crippen LogP) is 4.43. The molecule has 2 aromatic heterocycles. The maximum absolute atomic E-state index is 13.0. The van der Waals surface area contributed by atoms with Crippen LogP contribution in [-0.4, -0.2) is 49.3 Å². The van der Waals surface area contributed by atoms with E-state index in [4.69, 9.17) is 0 Å². The van der Waals surface area contributed by atoms with Crippen molar-refractivity contribution >= 4 is 17.5 Å². The molecule has 0 atom stereocenters. The standard InChI is InChI=1S/C25H28F3N5O2/c1-14-5-6-19(15(2)13-14)22(35)18-9-11-32(12-10-18)21(34)8-7-20-16(3)29-24-30-23(25(26,27)28)31-33(24)17(20)4/h5-6,13,18H,7-12H2,1-4H3. The van der Waals surface area contributed by atoms with Crippen LogP contribution in [0.1, 0.15) is 63.5 Å². The molecule has 0 spiro atoms. The van der Waals surface area contributed by atoms with E-state index in [0.29, 0.717) is 49.3 Å². The molecule has 0 aliphatic carbocycles. The number of aryl methyl sites for hydroxylation is 4. The minimum absolute atomic E-state index is 0.0455. The molecule has 0 unspecified atom stereocenters. The van der Waals surface area contributed by atoms with Crippen molar-refractivity contribution in [2.45, 2.75) is 59.6 Å². The zero-order chi connectivity index (χ0) is 25.5. The highest BCUT2D eigenvalue weighted by Crippen LogP contribution is 2.28. The normalized spacial score (nSPS) is 15.1. The average molecular weight is 488 g/mol. The van der Waals surface area contributed by atoms with E-state index in [1.807, 2.05) is 32.0 Å². The van der Waals surface area contributed by atoms with Crippen molar-refractivity contribution in [1.29, 1.82) is 0 Å². The summed E-state index contributed by atoms with van der Waals surface area (Å²) in [7, 11) is 0. The van der Waals surface area contributed by atoms with Gasteiger partial charge in [-0.25, -0.2) is 9.50 Å². The van der Waals surface area contributed by atoms with Crippen molar-refractivity contribution in [1.82, 2.24) is 24.5 Å². The number of Topliss-reactive ketones (excluding diaryl/α,β-unsaturated/α-hetero) is 1. The number of piperidine rings is 1. The van der Waals surface area contributed by atoms with Crippen LogP contribution in [0.4, 0.5) is 13.2 Å². The third kappa shape index (κ3) is 5.06. The number of likely N-dealkylation sites (tertiary alicyclic amines) is 1. The van der Waals surface area contributed by atoms with Crippen LogP contribution < -0.4 is 0 Å². The molecule has 10 heteroatoms. The number of hydrogen-bond acceptors (Lipinski definition) is 5. The molecule has 1 aliphatic rings. The fraction of sp³-hybridized carbons (Fsp3) is 0.480. The molecule has 186 valence electrons. The van der Waals surface area contributed by atoms with E-state index in [0.717, 1.165) is 21.2 Å². The van der Waals surface area contributed by atoms with Crippen LogP contribution >= 0.6 is 0 Å². The molecule has 4 rings (SSSR count). The fourth-order valence-electron chi connectivity index (χ4n) is 4.78. The maximum atomic E-state index is 13.0. The number of alkyl halides is 3. The number of fused-ring (bicyclic) bond motifs is 1. The predicted molar refractivity (Wildman–Crippen MR) is 123 cm³/mol. The number of benzene rings is 1. The van der Waals surface area contributed by atoms with Gasteiger partial charge in [0.1, 0.15) is 0 Å². The molecule has 1 saturated heterocycles. The number of halogens is 3. The maximum Gasteiger partial charge on any atom is 0.453 e. The second-order valence-electron chi connectivity index (χ2n) is 9.24. The summed E-state index contributed by atoms with van der Waals surface area (Å²) in [5.41, 5.74) is 4.53. The summed E-state index contributed by atoms with van der Waals surface area (Å²) in [6, 6.07) is 5.83. The van der Waals surface area contributed by atoms with Gasteiger partial charge >= 0.3 is 6.18 Å². The molecule has 7 nitrogen and oxygen atoms in total. The Morgan fingerprint density at radius 1 is 1.06 bits per heavy atom. The lowest BCUT2D eigenvalue weighted by molar-refractivity contribution is -0.144. The van der Waals surface area contributed by atoms with Crippen molar-refractivity contribution in [3.05, 3.63) is 57.7 Å². The summed E-state index contributed by atoms with van der Waals surface area (Å²) < 4.78 is 40.1. The molecule has 1 aromatic carbocycles. The number of ketones is 1. The first kappa shape index (κ1) is 24.8. The summed E-state index contributed by atoms with van der Waals surface area (Å²) >= 11 is 0. The molecule has 1 fully saturated rings. The highest BCUT2D eigenvalue weighted by atomic mass is 19.4. The highest BCUT2D eigenvalue weighted by molar-refractivity contribution is 5.99. The largest absolute Gasteiger partial charge is 0.453 e. The summed E-state index contributed by atoms with van der Waals surface area (Å²) in [6.07, 6.45) is -2.89. The van der Waals surface area contributed by atoms with Gasteiger partial charge in [-0.3, -0.25) is 9.59 Å². The van der Waals surface area contributed by atoms with Crippen molar-refractivity contribution in [2.24, 2.45) is 5.92 Å². The van der Waals surface area contributed by atoms with Gasteiger partial charge in [-0.15, -0.1) is 5.10 Å². The number of nitrogens with zero attached hydrogens (tertiary/aromatic N) is 5. The van der Waals surface area contributed by atoms with E-state index in [9.17, 15) is 22.8 Å². The van der Waals surface area contributed by atoms with Gasteiger partial charge in [0, 0.05) is 42.4 Å². The first-order valence-corrected chi connectivity index (χ1v) is 11.6. The number of hydrogen-bond donors (Lipinski definition) is 0. The molecular weight excluding hydrogens is 459 g/mol. The van der Waals surface area contributed by atoms with Crippen LogP contribution in [0.3, 0.4) is 0 Å². The van der Waals surface area contributed by atoms with Gasteiger partial charge in [0.25, 0.3) is 11.6 Å². The van der Waals surface area contributed by atoms with E-state index in [2.05, 4.69) is 15.1 Å². The van der Waals surface area contributed by atoms with Crippen LogP contribution in [0.5, 0.6) is 0 Å². The summed E-state index contributed by atoms with van der Waals surface area (Å²) in [6.45, 7) is 8.30. The number of amides is 1. The van der Waals surface area contributed by atoms with E-state index in [-0.39, 0.29) is 29.8 Å². The van der Waals surface area contributed by atoms with Crippen LogP contribution in [0.2, 0.25) is 0 Å². The SMILES string of the molecule is Cc1ccc(C(=O)C2CCN(C(=O)CCc3c(C)nc4nc(C(F)(F)F)nn4c3C)CC2)c(C)c1. The molecule has 0 N–H and O–H groups in total. The fourth-order valence-corrected chi connectivity index (χ4v) is 4.78. The quantitative estimate of drug-likeness (QED) is 0.498. The van der Waals surface area contributed by atoms with Gasteiger partial charge in [0.15, 0.2) is 5.78 Å². The van der Waals surface area contributed by atoms with Gasteiger partial charge in [0.05, 0.1) is 0 Å². The average Bonchev–Trinajstić information content (AvgIpc) is 3.23. The van der Waals surface area contributed by atoms with E-state index < -0.39 is 12.0 Å². The molecule has 1 amide bonds. The molecule has 35 heavy (non-hydrogen) atoms. The molecular formula is C25H28F3N5O2. The second-order valence-corrected chi connectivity index (χ2v) is 9.24. The first-order chi connectivity index (χ1) is 16.5. The summed E-state index contributed by atoms with van der Waals surface area (Å²) in [5.74, 6) is -1.37. The first-order valence-electron chi connectivity index (χ1n) is 11.6. The zero-order valence-electron chi connectivity index (χ0n) is 20.2. The Kier molecular flexibility index (Phi) is 6.66. The Hall–Kier alpha value is -3.30. The third-order valence-electron chi connectivity index (χ3n) is 6.76. The Bertz CT molecular complexity index is 1290. The molecule has 0 radical (unpaired) electrons. The van der Waals surface area contributed by atoms with E-state index >= 15 is 0 Å². The van der Waals surface area contributed by atoms with Crippen molar-refractivity contribution in [3.63, 3.8) is 0 Å². The number of carbonyl (C=O) groups is 2. The molecule has 3 aromatic rings. The third-order valence-corrected chi connectivity index (χ3v) is 6.76. The lowest BCUT2D eigenvalue weighted by Crippen LogP contribution is -2.40. The topological polar surface area (TPSA) is 80.5 Å². The smallest absolute Gasteiger partial charge is 0.343 e. The van der Waals surface area contributed by atoms with E-state index in [1.54, 1.807) is 18.7 Å².